The number of pyridine rings is 1. The van der Waals surface area contributed by atoms with Crippen LogP contribution in [0.5, 0.6) is 0 Å². The average Bonchev–Trinajstić information content (AvgIpc) is 3.07. The zero-order valence-corrected chi connectivity index (χ0v) is 12.2. The summed E-state index contributed by atoms with van der Waals surface area (Å²) in [6.07, 6.45) is 4.63. The van der Waals surface area contributed by atoms with Crippen molar-refractivity contribution < 1.29 is 13.9 Å². The van der Waals surface area contributed by atoms with E-state index < -0.39 is 0 Å². The molecule has 114 valence electrons. The van der Waals surface area contributed by atoms with Crippen LogP contribution in [0, 0.1) is 23.6 Å². The molecule has 0 aliphatic heterocycles. The van der Waals surface area contributed by atoms with E-state index in [-0.39, 0.29) is 23.7 Å². The van der Waals surface area contributed by atoms with Crippen molar-refractivity contribution in [1.29, 1.82) is 0 Å². The van der Waals surface area contributed by atoms with Crippen molar-refractivity contribution in [3.63, 3.8) is 0 Å². The van der Waals surface area contributed by atoms with Crippen molar-refractivity contribution in [2.24, 2.45) is 17.8 Å². The molecule has 2 saturated carbocycles. The zero-order valence-electron chi connectivity index (χ0n) is 12.2. The second-order valence-corrected chi connectivity index (χ2v) is 5.99. The van der Waals surface area contributed by atoms with Gasteiger partial charge in [-0.15, -0.1) is 0 Å². The van der Waals surface area contributed by atoms with Crippen molar-refractivity contribution >= 4 is 5.97 Å². The predicted octanol–water partition coefficient (Wildman–Crippen LogP) is 2.29. The number of nitrogens with one attached hydrogen (secondary N) is 1. The van der Waals surface area contributed by atoms with E-state index in [4.69, 9.17) is 4.74 Å². The molecule has 0 radical (unpaired) electrons. The van der Waals surface area contributed by atoms with Gasteiger partial charge in [0.15, 0.2) is 0 Å². The number of esters is 1. The SMILES string of the molecule is CCOC(=O)C1C2CCC(C2)C1NCc1ccc(F)cn1. The Bertz CT molecular complexity index is 506. The van der Waals surface area contributed by atoms with Crippen LogP contribution in [0.25, 0.3) is 0 Å². The number of aromatic nitrogens is 1. The van der Waals surface area contributed by atoms with E-state index in [0.29, 0.717) is 25.0 Å². The van der Waals surface area contributed by atoms with Crippen molar-refractivity contribution in [2.45, 2.75) is 38.8 Å². The van der Waals surface area contributed by atoms with Crippen LogP contribution in [-0.4, -0.2) is 23.6 Å². The lowest BCUT2D eigenvalue weighted by Gasteiger charge is -2.30. The first-order valence-corrected chi connectivity index (χ1v) is 7.69. The van der Waals surface area contributed by atoms with Gasteiger partial charge in [0.05, 0.1) is 24.4 Å². The number of fused-ring (bicyclic) bond motifs is 2. The summed E-state index contributed by atoms with van der Waals surface area (Å²) in [5.41, 5.74) is 0.793. The molecule has 1 aromatic heterocycles. The van der Waals surface area contributed by atoms with E-state index in [2.05, 4.69) is 10.3 Å². The lowest BCUT2D eigenvalue weighted by Crippen LogP contribution is -2.44. The molecule has 0 spiro atoms. The molecule has 4 nitrogen and oxygen atoms in total. The molecule has 2 fully saturated rings. The van der Waals surface area contributed by atoms with Gasteiger partial charge in [0, 0.05) is 12.6 Å². The van der Waals surface area contributed by atoms with E-state index in [1.54, 1.807) is 6.07 Å². The Morgan fingerprint density at radius 3 is 2.95 bits per heavy atom. The molecule has 4 atom stereocenters. The van der Waals surface area contributed by atoms with E-state index in [0.717, 1.165) is 18.5 Å². The molecular formula is C16H21FN2O2. The lowest BCUT2D eigenvalue weighted by molar-refractivity contribution is -0.150. The first-order valence-electron chi connectivity index (χ1n) is 7.69. The third-order valence-electron chi connectivity index (χ3n) is 4.78. The largest absolute Gasteiger partial charge is 0.466 e. The van der Waals surface area contributed by atoms with Crippen LogP contribution < -0.4 is 5.32 Å². The minimum Gasteiger partial charge on any atom is -0.466 e. The van der Waals surface area contributed by atoms with E-state index in [1.807, 2.05) is 6.92 Å². The molecule has 5 heteroatoms. The third-order valence-corrected chi connectivity index (χ3v) is 4.78. The van der Waals surface area contributed by atoms with Crippen molar-refractivity contribution in [2.75, 3.05) is 6.61 Å². The number of nitrogens with zero attached hydrogens (tertiary/aromatic N) is 1. The highest BCUT2D eigenvalue weighted by molar-refractivity contribution is 5.74. The zero-order chi connectivity index (χ0) is 14.8. The standard InChI is InChI=1S/C16H21FN2O2/c1-2-21-16(20)14-10-3-4-11(7-10)15(14)19-9-13-6-5-12(17)8-18-13/h5-6,8,10-11,14-15,19H,2-4,7,9H2,1H3. The van der Waals surface area contributed by atoms with E-state index in [9.17, 15) is 9.18 Å². The van der Waals surface area contributed by atoms with Crippen LogP contribution in [0.2, 0.25) is 0 Å². The van der Waals surface area contributed by atoms with Gasteiger partial charge in [-0.2, -0.15) is 0 Å². The molecule has 0 saturated heterocycles. The molecular weight excluding hydrogens is 271 g/mol. The van der Waals surface area contributed by atoms with Crippen molar-refractivity contribution in [3.8, 4) is 0 Å². The van der Waals surface area contributed by atoms with Gasteiger partial charge in [-0.1, -0.05) is 0 Å². The molecule has 2 aliphatic rings. The first-order chi connectivity index (χ1) is 10.2. The maximum absolute atomic E-state index is 12.9. The maximum atomic E-state index is 12.9. The Kier molecular flexibility index (Phi) is 4.19. The van der Waals surface area contributed by atoms with Gasteiger partial charge >= 0.3 is 5.97 Å². The Labute approximate surface area is 124 Å². The highest BCUT2D eigenvalue weighted by atomic mass is 19.1. The topological polar surface area (TPSA) is 51.2 Å². The van der Waals surface area contributed by atoms with Gasteiger partial charge in [-0.05, 0) is 50.2 Å². The van der Waals surface area contributed by atoms with Crippen LogP contribution in [-0.2, 0) is 16.1 Å². The minimum absolute atomic E-state index is 0.0378. The predicted molar refractivity (Wildman–Crippen MR) is 75.8 cm³/mol. The van der Waals surface area contributed by atoms with Crippen molar-refractivity contribution in [1.82, 2.24) is 10.3 Å². The van der Waals surface area contributed by atoms with E-state index in [1.165, 1.54) is 18.7 Å². The fraction of sp³-hybridized carbons (Fsp3) is 0.625. The third kappa shape index (κ3) is 2.93. The smallest absolute Gasteiger partial charge is 0.310 e. The number of carbonyl (C=O) groups is 1. The lowest BCUT2D eigenvalue weighted by atomic mass is 9.84. The summed E-state index contributed by atoms with van der Waals surface area (Å²) in [7, 11) is 0. The number of hydrogen-bond acceptors (Lipinski definition) is 4. The van der Waals surface area contributed by atoms with Gasteiger partial charge < -0.3 is 10.1 Å². The van der Waals surface area contributed by atoms with Crippen LogP contribution in [0.1, 0.15) is 31.9 Å². The maximum Gasteiger partial charge on any atom is 0.310 e. The second kappa shape index (κ2) is 6.10. The number of hydrogen-bond donors (Lipinski definition) is 1. The monoisotopic (exact) mass is 292 g/mol. The van der Waals surface area contributed by atoms with Crippen molar-refractivity contribution in [3.05, 3.63) is 29.8 Å². The van der Waals surface area contributed by atoms with Gasteiger partial charge in [0.2, 0.25) is 0 Å². The molecule has 3 rings (SSSR count). The highest BCUT2D eigenvalue weighted by Crippen LogP contribution is 2.49. The molecule has 1 heterocycles. The molecule has 4 unspecified atom stereocenters. The van der Waals surface area contributed by atoms with E-state index >= 15 is 0 Å². The Balaban J connectivity index is 1.65. The molecule has 0 aromatic carbocycles. The molecule has 1 N–H and O–H groups in total. The highest BCUT2D eigenvalue weighted by Gasteiger charge is 2.51. The molecule has 1 aromatic rings. The average molecular weight is 292 g/mol. The molecule has 21 heavy (non-hydrogen) atoms. The number of ether oxygens (including phenoxy) is 1. The summed E-state index contributed by atoms with van der Waals surface area (Å²) < 4.78 is 18.1. The van der Waals surface area contributed by atoms with Crippen LogP contribution in [0.3, 0.4) is 0 Å². The summed E-state index contributed by atoms with van der Waals surface area (Å²) in [4.78, 5) is 16.2. The first kappa shape index (κ1) is 14.4. The van der Waals surface area contributed by atoms with Gasteiger partial charge in [-0.25, -0.2) is 4.39 Å². The molecule has 0 amide bonds. The number of halogens is 1. The fourth-order valence-corrected chi connectivity index (χ4v) is 3.90. The molecule has 2 bridgehead atoms. The fourth-order valence-electron chi connectivity index (χ4n) is 3.90. The van der Waals surface area contributed by atoms with Gasteiger partial charge in [-0.3, -0.25) is 9.78 Å². The Morgan fingerprint density at radius 2 is 2.24 bits per heavy atom. The molecule has 2 aliphatic carbocycles. The van der Waals surface area contributed by atoms with Crippen LogP contribution in [0.4, 0.5) is 4.39 Å². The number of rotatable bonds is 5. The quantitative estimate of drug-likeness (QED) is 0.846. The summed E-state index contributed by atoms with van der Waals surface area (Å²) in [6.45, 7) is 2.83. The van der Waals surface area contributed by atoms with Crippen LogP contribution >= 0.6 is 0 Å². The second-order valence-electron chi connectivity index (χ2n) is 5.99. The summed E-state index contributed by atoms with van der Waals surface area (Å²) in [5.74, 6) is 0.555. The number of carbonyl (C=O) groups excluding carboxylic acids is 1. The van der Waals surface area contributed by atoms with Gasteiger partial charge in [0.1, 0.15) is 5.82 Å². The Hall–Kier alpha value is -1.49. The van der Waals surface area contributed by atoms with Crippen LogP contribution in [0.15, 0.2) is 18.3 Å². The summed E-state index contributed by atoms with van der Waals surface area (Å²) in [5, 5.41) is 3.45. The minimum atomic E-state index is -0.330. The Morgan fingerprint density at radius 1 is 1.43 bits per heavy atom. The van der Waals surface area contributed by atoms with Gasteiger partial charge in [0.25, 0.3) is 0 Å². The summed E-state index contributed by atoms with van der Waals surface area (Å²) in [6, 6.07) is 3.25. The summed E-state index contributed by atoms with van der Waals surface area (Å²) >= 11 is 0. The normalized spacial score (nSPS) is 30.6.